The number of anilines is 1. The lowest BCUT2D eigenvalue weighted by atomic mass is 10.2. The first-order chi connectivity index (χ1) is 9.11. The Hall–Kier alpha value is -1.36. The smallest absolute Gasteiger partial charge is 0.218 e. The summed E-state index contributed by atoms with van der Waals surface area (Å²) >= 11 is 0. The molecule has 0 saturated heterocycles. The standard InChI is InChI=1S/C14H25N3O2/c1-5-18-8-6-7-15-13-9-14(17-12(4)16-13)19-10-11(2)3/h9,11H,5-8,10H2,1-4H3,(H,15,16,17). The molecule has 0 radical (unpaired) electrons. The van der Waals surface area contributed by atoms with Crippen LogP contribution in [0.2, 0.25) is 0 Å². The van der Waals surface area contributed by atoms with Gasteiger partial charge in [0.25, 0.3) is 0 Å². The van der Waals surface area contributed by atoms with Gasteiger partial charge in [0.05, 0.1) is 6.61 Å². The maximum Gasteiger partial charge on any atom is 0.218 e. The Balaban J connectivity index is 2.44. The highest BCUT2D eigenvalue weighted by molar-refractivity contribution is 5.38. The van der Waals surface area contributed by atoms with Crippen LogP contribution in [0.1, 0.15) is 33.0 Å². The second-order valence-corrected chi connectivity index (χ2v) is 4.82. The van der Waals surface area contributed by atoms with Gasteiger partial charge >= 0.3 is 0 Å². The van der Waals surface area contributed by atoms with Crippen molar-refractivity contribution in [2.75, 3.05) is 31.7 Å². The minimum Gasteiger partial charge on any atom is -0.477 e. The predicted octanol–water partition coefficient (Wildman–Crippen LogP) is 2.66. The third-order valence-corrected chi connectivity index (χ3v) is 2.35. The Morgan fingerprint density at radius 3 is 2.79 bits per heavy atom. The summed E-state index contributed by atoms with van der Waals surface area (Å²) in [5.74, 6) is 2.64. The Bertz CT molecular complexity index is 370. The van der Waals surface area contributed by atoms with Gasteiger partial charge in [-0.2, -0.15) is 4.98 Å². The minimum absolute atomic E-state index is 0.484. The number of hydrogen-bond donors (Lipinski definition) is 1. The third kappa shape index (κ3) is 6.96. The van der Waals surface area contributed by atoms with Crippen LogP contribution in [0.15, 0.2) is 6.07 Å². The number of hydrogen-bond acceptors (Lipinski definition) is 5. The van der Waals surface area contributed by atoms with E-state index in [-0.39, 0.29) is 0 Å². The van der Waals surface area contributed by atoms with Crippen LogP contribution in [0.5, 0.6) is 5.88 Å². The summed E-state index contributed by atoms with van der Waals surface area (Å²) < 4.78 is 10.9. The molecule has 0 aliphatic rings. The highest BCUT2D eigenvalue weighted by Crippen LogP contribution is 2.14. The largest absolute Gasteiger partial charge is 0.477 e. The van der Waals surface area contributed by atoms with E-state index in [0.717, 1.165) is 32.0 Å². The summed E-state index contributed by atoms with van der Waals surface area (Å²) in [7, 11) is 0. The molecule has 0 bridgehead atoms. The molecule has 1 aromatic heterocycles. The van der Waals surface area contributed by atoms with Gasteiger partial charge in [0, 0.05) is 25.8 Å². The molecule has 0 spiro atoms. The molecule has 5 nitrogen and oxygen atoms in total. The molecule has 1 aromatic rings. The van der Waals surface area contributed by atoms with E-state index in [1.165, 1.54) is 0 Å². The molecule has 0 aromatic carbocycles. The Kier molecular flexibility index (Phi) is 7.18. The van der Waals surface area contributed by atoms with E-state index in [9.17, 15) is 0 Å². The van der Waals surface area contributed by atoms with Gasteiger partial charge in [-0.15, -0.1) is 0 Å². The van der Waals surface area contributed by atoms with Gasteiger partial charge in [-0.25, -0.2) is 4.98 Å². The van der Waals surface area contributed by atoms with E-state index in [1.54, 1.807) is 0 Å². The maximum absolute atomic E-state index is 5.62. The molecule has 0 unspecified atom stereocenters. The number of nitrogens with zero attached hydrogens (tertiary/aromatic N) is 2. The van der Waals surface area contributed by atoms with Crippen molar-refractivity contribution in [3.63, 3.8) is 0 Å². The van der Waals surface area contributed by atoms with Gasteiger partial charge in [-0.3, -0.25) is 0 Å². The van der Waals surface area contributed by atoms with Crippen LogP contribution in [-0.2, 0) is 4.74 Å². The first-order valence-corrected chi connectivity index (χ1v) is 6.92. The fraction of sp³-hybridized carbons (Fsp3) is 0.714. The molecule has 19 heavy (non-hydrogen) atoms. The normalized spacial score (nSPS) is 10.8. The van der Waals surface area contributed by atoms with Crippen LogP contribution in [0.25, 0.3) is 0 Å². The van der Waals surface area contributed by atoms with Crippen LogP contribution in [-0.4, -0.2) is 36.3 Å². The summed E-state index contributed by atoms with van der Waals surface area (Å²) in [6.07, 6.45) is 0.957. The highest BCUT2D eigenvalue weighted by atomic mass is 16.5. The fourth-order valence-electron chi connectivity index (χ4n) is 1.49. The average Bonchev–Trinajstić information content (AvgIpc) is 2.35. The van der Waals surface area contributed by atoms with Crippen molar-refractivity contribution >= 4 is 5.82 Å². The van der Waals surface area contributed by atoms with E-state index in [4.69, 9.17) is 9.47 Å². The third-order valence-electron chi connectivity index (χ3n) is 2.35. The average molecular weight is 267 g/mol. The lowest BCUT2D eigenvalue weighted by Crippen LogP contribution is -2.10. The van der Waals surface area contributed by atoms with Gasteiger partial charge in [0.1, 0.15) is 11.6 Å². The summed E-state index contributed by atoms with van der Waals surface area (Å²) in [6.45, 7) is 11.1. The van der Waals surface area contributed by atoms with Crippen molar-refractivity contribution < 1.29 is 9.47 Å². The van der Waals surface area contributed by atoms with E-state index in [0.29, 0.717) is 24.2 Å². The minimum atomic E-state index is 0.484. The second kappa shape index (κ2) is 8.69. The lowest BCUT2D eigenvalue weighted by molar-refractivity contribution is 0.147. The second-order valence-electron chi connectivity index (χ2n) is 4.82. The number of aryl methyl sites for hydroxylation is 1. The molecule has 0 aliphatic heterocycles. The van der Waals surface area contributed by atoms with Crippen molar-refractivity contribution in [3.05, 3.63) is 11.9 Å². The van der Waals surface area contributed by atoms with Crippen molar-refractivity contribution in [1.29, 1.82) is 0 Å². The Morgan fingerprint density at radius 2 is 2.11 bits per heavy atom. The van der Waals surface area contributed by atoms with Crippen molar-refractivity contribution in [2.24, 2.45) is 5.92 Å². The summed E-state index contributed by atoms with van der Waals surface area (Å²) in [6, 6.07) is 1.84. The molecule has 1 rings (SSSR count). The highest BCUT2D eigenvalue weighted by Gasteiger charge is 2.03. The monoisotopic (exact) mass is 267 g/mol. The predicted molar refractivity (Wildman–Crippen MR) is 76.7 cm³/mol. The van der Waals surface area contributed by atoms with Crippen LogP contribution >= 0.6 is 0 Å². The lowest BCUT2D eigenvalue weighted by Gasteiger charge is -2.11. The number of ether oxygens (including phenoxy) is 2. The van der Waals surface area contributed by atoms with Gasteiger partial charge < -0.3 is 14.8 Å². The van der Waals surface area contributed by atoms with Crippen LogP contribution < -0.4 is 10.1 Å². The molecular formula is C14H25N3O2. The van der Waals surface area contributed by atoms with E-state index >= 15 is 0 Å². The molecule has 0 saturated carbocycles. The van der Waals surface area contributed by atoms with Crippen LogP contribution in [0, 0.1) is 12.8 Å². The first kappa shape index (κ1) is 15.7. The molecule has 1 heterocycles. The molecule has 0 aliphatic carbocycles. The number of aromatic nitrogens is 2. The maximum atomic E-state index is 5.62. The zero-order chi connectivity index (χ0) is 14.1. The Morgan fingerprint density at radius 1 is 1.32 bits per heavy atom. The number of nitrogens with one attached hydrogen (secondary N) is 1. The Labute approximate surface area is 115 Å². The van der Waals surface area contributed by atoms with Crippen molar-refractivity contribution in [2.45, 2.75) is 34.1 Å². The zero-order valence-electron chi connectivity index (χ0n) is 12.4. The number of rotatable bonds is 9. The molecule has 1 N–H and O–H groups in total. The van der Waals surface area contributed by atoms with E-state index < -0.39 is 0 Å². The summed E-state index contributed by atoms with van der Waals surface area (Å²) in [5.41, 5.74) is 0. The van der Waals surface area contributed by atoms with Gasteiger partial charge in [0.15, 0.2) is 0 Å². The SMILES string of the molecule is CCOCCCNc1cc(OCC(C)C)nc(C)n1. The molecule has 0 fully saturated rings. The topological polar surface area (TPSA) is 56.3 Å². The summed E-state index contributed by atoms with van der Waals surface area (Å²) in [5, 5.41) is 3.26. The van der Waals surface area contributed by atoms with Crippen molar-refractivity contribution in [1.82, 2.24) is 9.97 Å². The van der Waals surface area contributed by atoms with Crippen molar-refractivity contribution in [3.8, 4) is 5.88 Å². The van der Waals surface area contributed by atoms with Gasteiger partial charge in [0.2, 0.25) is 5.88 Å². The molecular weight excluding hydrogens is 242 g/mol. The molecule has 0 amide bonds. The first-order valence-electron chi connectivity index (χ1n) is 6.92. The zero-order valence-corrected chi connectivity index (χ0v) is 12.4. The molecule has 108 valence electrons. The van der Waals surface area contributed by atoms with E-state index in [2.05, 4.69) is 29.1 Å². The quantitative estimate of drug-likeness (QED) is 0.697. The van der Waals surface area contributed by atoms with Gasteiger partial charge in [-0.1, -0.05) is 13.8 Å². The van der Waals surface area contributed by atoms with Gasteiger partial charge in [-0.05, 0) is 26.2 Å². The summed E-state index contributed by atoms with van der Waals surface area (Å²) in [4.78, 5) is 8.60. The molecule has 5 heteroatoms. The van der Waals surface area contributed by atoms with Crippen LogP contribution in [0.3, 0.4) is 0 Å². The van der Waals surface area contributed by atoms with E-state index in [1.807, 2.05) is 19.9 Å². The molecule has 0 atom stereocenters. The van der Waals surface area contributed by atoms with Crippen LogP contribution in [0.4, 0.5) is 5.82 Å². The fourth-order valence-corrected chi connectivity index (χ4v) is 1.49.